The summed E-state index contributed by atoms with van der Waals surface area (Å²) in [5, 5.41) is 0. The molecule has 3 heterocycles. The van der Waals surface area contributed by atoms with E-state index in [1.54, 1.807) is 0 Å². The Balaban J connectivity index is 1.73. The van der Waals surface area contributed by atoms with E-state index >= 15 is 0 Å². The van der Waals surface area contributed by atoms with Crippen molar-refractivity contribution in [1.82, 2.24) is 0 Å². The van der Waals surface area contributed by atoms with E-state index in [1.165, 1.54) is 0 Å². The Morgan fingerprint density at radius 2 is 2.22 bits per heavy atom. The van der Waals surface area contributed by atoms with Gasteiger partial charge in [-0.2, -0.15) is 0 Å². The van der Waals surface area contributed by atoms with Crippen LogP contribution in [0.25, 0.3) is 0 Å². The monoisotopic (exact) mass is 252 g/mol. The van der Waals surface area contributed by atoms with Crippen LogP contribution >= 0.6 is 0 Å². The van der Waals surface area contributed by atoms with Crippen LogP contribution in [0.15, 0.2) is 12.3 Å². The van der Waals surface area contributed by atoms with Crippen molar-refractivity contribution in [2.45, 2.75) is 58.0 Å². The van der Waals surface area contributed by atoms with Crippen LogP contribution in [0.5, 0.6) is 0 Å². The Labute approximate surface area is 107 Å². The highest BCUT2D eigenvalue weighted by molar-refractivity contribution is 5.76. The molecule has 100 valence electrons. The van der Waals surface area contributed by atoms with E-state index in [0.717, 1.165) is 18.6 Å². The summed E-state index contributed by atoms with van der Waals surface area (Å²) >= 11 is 0. The van der Waals surface area contributed by atoms with Crippen molar-refractivity contribution in [3.63, 3.8) is 0 Å². The first-order valence-corrected chi connectivity index (χ1v) is 6.66. The molecule has 5 atom stereocenters. The third kappa shape index (κ3) is 1.51. The van der Waals surface area contributed by atoms with Crippen molar-refractivity contribution in [2.75, 3.05) is 0 Å². The zero-order valence-corrected chi connectivity index (χ0v) is 11.1. The molecule has 18 heavy (non-hydrogen) atoms. The second-order valence-electron chi connectivity index (χ2n) is 6.14. The number of hydrogen-bond acceptors (Lipinski definition) is 4. The lowest BCUT2D eigenvalue weighted by Crippen LogP contribution is -2.42. The molecule has 0 aromatic rings. The topological polar surface area (TPSA) is 44.8 Å². The van der Waals surface area contributed by atoms with Gasteiger partial charge in [0.1, 0.15) is 6.10 Å². The highest BCUT2D eigenvalue weighted by Crippen LogP contribution is 2.51. The van der Waals surface area contributed by atoms with Crippen LogP contribution in [0.2, 0.25) is 0 Å². The lowest BCUT2D eigenvalue weighted by molar-refractivity contribution is -0.166. The van der Waals surface area contributed by atoms with Crippen LogP contribution in [0, 0.1) is 11.3 Å². The van der Waals surface area contributed by atoms with Crippen molar-refractivity contribution in [3.8, 4) is 0 Å². The number of carbonyl (C=O) groups excluding carboxylic acids is 1. The van der Waals surface area contributed by atoms with Crippen molar-refractivity contribution >= 4 is 5.97 Å². The lowest BCUT2D eigenvalue weighted by atomic mass is 9.86. The Morgan fingerprint density at radius 1 is 1.50 bits per heavy atom. The number of esters is 1. The first-order chi connectivity index (χ1) is 8.44. The van der Waals surface area contributed by atoms with Crippen LogP contribution in [0.3, 0.4) is 0 Å². The zero-order chi connectivity index (χ0) is 13.1. The minimum Gasteiger partial charge on any atom is -0.488 e. The molecular formula is C14H20O4. The van der Waals surface area contributed by atoms with Crippen molar-refractivity contribution in [1.29, 1.82) is 0 Å². The molecule has 3 aliphatic heterocycles. The fourth-order valence-electron chi connectivity index (χ4n) is 2.93. The molecule has 3 saturated heterocycles. The smallest absolute Gasteiger partial charge is 0.312 e. The van der Waals surface area contributed by atoms with Gasteiger partial charge in [-0.15, -0.1) is 0 Å². The van der Waals surface area contributed by atoms with Gasteiger partial charge < -0.3 is 14.2 Å². The largest absolute Gasteiger partial charge is 0.488 e. The van der Waals surface area contributed by atoms with Gasteiger partial charge in [-0.3, -0.25) is 4.79 Å². The first-order valence-electron chi connectivity index (χ1n) is 6.66. The predicted octanol–water partition coefficient (Wildman–Crippen LogP) is 2.03. The second-order valence-corrected chi connectivity index (χ2v) is 6.14. The van der Waals surface area contributed by atoms with Crippen LogP contribution in [-0.4, -0.2) is 30.4 Å². The molecule has 0 saturated carbocycles. The second kappa shape index (κ2) is 3.73. The molecule has 0 aromatic heterocycles. The summed E-state index contributed by atoms with van der Waals surface area (Å²) in [5.41, 5.74) is -0.448. The molecule has 3 aliphatic rings. The van der Waals surface area contributed by atoms with E-state index in [1.807, 2.05) is 20.8 Å². The molecule has 4 nitrogen and oxygen atoms in total. The SMILES string of the molecule is C=C1OC2C(OC(=O)C(C)(C)CC)C3CC1C2O3. The molecule has 0 N–H and O–H groups in total. The molecule has 0 radical (unpaired) electrons. The van der Waals surface area contributed by atoms with E-state index in [9.17, 15) is 4.79 Å². The summed E-state index contributed by atoms with van der Waals surface area (Å²) in [4.78, 5) is 12.1. The molecule has 5 unspecified atom stereocenters. The zero-order valence-electron chi connectivity index (χ0n) is 11.1. The van der Waals surface area contributed by atoms with Gasteiger partial charge in [0.2, 0.25) is 0 Å². The van der Waals surface area contributed by atoms with Gasteiger partial charge in [-0.25, -0.2) is 0 Å². The maximum absolute atomic E-state index is 12.1. The van der Waals surface area contributed by atoms with E-state index in [0.29, 0.717) is 5.92 Å². The predicted molar refractivity (Wildman–Crippen MR) is 64.7 cm³/mol. The van der Waals surface area contributed by atoms with Gasteiger partial charge >= 0.3 is 5.97 Å². The third-order valence-electron chi connectivity index (χ3n) is 4.61. The van der Waals surface area contributed by atoms with E-state index in [2.05, 4.69) is 6.58 Å². The summed E-state index contributed by atoms with van der Waals surface area (Å²) in [6, 6.07) is 0. The minimum absolute atomic E-state index is 0.0131. The fourth-order valence-corrected chi connectivity index (χ4v) is 2.93. The van der Waals surface area contributed by atoms with E-state index in [4.69, 9.17) is 14.2 Å². The highest BCUT2D eigenvalue weighted by atomic mass is 16.6. The van der Waals surface area contributed by atoms with Gasteiger partial charge in [0, 0.05) is 5.92 Å². The summed E-state index contributed by atoms with van der Waals surface area (Å²) in [6.45, 7) is 9.71. The van der Waals surface area contributed by atoms with Gasteiger partial charge in [0.25, 0.3) is 0 Å². The molecular weight excluding hydrogens is 232 g/mol. The Kier molecular flexibility index (Phi) is 2.49. The Bertz CT molecular complexity index is 401. The van der Waals surface area contributed by atoms with Crippen LogP contribution in [0.4, 0.5) is 0 Å². The highest BCUT2D eigenvalue weighted by Gasteiger charge is 2.63. The summed E-state index contributed by atoms with van der Waals surface area (Å²) in [6.07, 6.45) is 1.26. The van der Waals surface area contributed by atoms with Crippen molar-refractivity contribution in [2.24, 2.45) is 11.3 Å². The Morgan fingerprint density at radius 3 is 2.89 bits per heavy atom. The van der Waals surface area contributed by atoms with Crippen LogP contribution in [0.1, 0.15) is 33.6 Å². The quantitative estimate of drug-likeness (QED) is 0.721. The van der Waals surface area contributed by atoms with Crippen LogP contribution < -0.4 is 0 Å². The fraction of sp³-hybridized carbons (Fsp3) is 0.786. The normalized spacial score (nSPS) is 41.1. The molecule has 0 amide bonds. The maximum atomic E-state index is 12.1. The first kappa shape index (κ1) is 12.0. The van der Waals surface area contributed by atoms with Gasteiger partial charge in [0.15, 0.2) is 12.2 Å². The molecule has 4 heteroatoms. The van der Waals surface area contributed by atoms with Gasteiger partial charge in [-0.05, 0) is 26.7 Å². The summed E-state index contributed by atoms with van der Waals surface area (Å²) < 4.78 is 17.2. The maximum Gasteiger partial charge on any atom is 0.312 e. The Hall–Kier alpha value is -1.03. The average Bonchev–Trinajstić information content (AvgIpc) is 2.93. The van der Waals surface area contributed by atoms with Crippen molar-refractivity contribution in [3.05, 3.63) is 12.3 Å². The molecule has 0 spiro atoms. The van der Waals surface area contributed by atoms with Crippen molar-refractivity contribution < 1.29 is 19.0 Å². The molecule has 3 fully saturated rings. The van der Waals surface area contributed by atoms with E-state index < -0.39 is 5.41 Å². The molecule has 3 rings (SSSR count). The number of fused-ring (bicyclic) bond motifs is 1. The number of hydrogen-bond donors (Lipinski definition) is 0. The average molecular weight is 252 g/mol. The van der Waals surface area contributed by atoms with Gasteiger partial charge in [0.05, 0.1) is 17.3 Å². The summed E-state index contributed by atoms with van der Waals surface area (Å²) in [7, 11) is 0. The summed E-state index contributed by atoms with van der Waals surface area (Å²) in [5.74, 6) is 0.929. The third-order valence-corrected chi connectivity index (χ3v) is 4.61. The molecule has 2 bridgehead atoms. The number of ether oxygens (including phenoxy) is 3. The number of carbonyl (C=O) groups is 1. The van der Waals surface area contributed by atoms with Crippen LogP contribution in [-0.2, 0) is 19.0 Å². The molecule has 0 aromatic carbocycles. The van der Waals surface area contributed by atoms with Gasteiger partial charge in [-0.1, -0.05) is 13.5 Å². The standard InChI is InChI=1S/C14H20O4/c1-5-14(3,4)13(15)18-11-9-6-8-7(2)16-12(11)10(8)17-9/h8-12H,2,5-6H2,1,3-4H3. The lowest BCUT2D eigenvalue weighted by Gasteiger charge is -2.27. The minimum atomic E-state index is -0.448. The molecule has 0 aliphatic carbocycles. The van der Waals surface area contributed by atoms with E-state index in [-0.39, 0.29) is 30.4 Å². The number of rotatable bonds is 3.